The maximum atomic E-state index is 13.5. The van der Waals surface area contributed by atoms with Crippen molar-refractivity contribution in [3.8, 4) is 0 Å². The lowest BCUT2D eigenvalue weighted by atomic mass is 10.3. The molecule has 8 heteroatoms. The molecule has 2 N–H and O–H groups in total. The van der Waals surface area contributed by atoms with Gasteiger partial charge in [0, 0.05) is 38.0 Å². The Bertz CT molecular complexity index is 663. The van der Waals surface area contributed by atoms with Crippen LogP contribution in [0.2, 0.25) is 0 Å². The highest BCUT2D eigenvalue weighted by Crippen LogP contribution is 2.32. The highest BCUT2D eigenvalue weighted by molar-refractivity contribution is 7.99. The molecule has 6 nitrogen and oxygen atoms in total. The van der Waals surface area contributed by atoms with E-state index in [4.69, 9.17) is 4.74 Å². The molecule has 0 radical (unpaired) electrons. The Morgan fingerprint density at radius 1 is 1.48 bits per heavy atom. The Kier molecular flexibility index (Phi) is 6.57. The molecule has 1 aromatic carbocycles. The molecule has 1 aromatic heterocycles. The fourth-order valence-electron chi connectivity index (χ4n) is 1.81. The van der Waals surface area contributed by atoms with Gasteiger partial charge < -0.3 is 19.9 Å². The molecule has 23 heavy (non-hydrogen) atoms. The SMILES string of the molecule is COCCNCC(=O)Nc1cc(F)ccc1Sc1nccn1C. The van der Waals surface area contributed by atoms with Crippen molar-refractivity contribution in [1.29, 1.82) is 0 Å². The third-order valence-corrected chi connectivity index (χ3v) is 4.11. The average molecular weight is 338 g/mol. The number of carbonyl (C=O) groups excluding carboxylic acids is 1. The van der Waals surface area contributed by atoms with E-state index < -0.39 is 5.82 Å². The van der Waals surface area contributed by atoms with Gasteiger partial charge in [-0.05, 0) is 30.0 Å². The second kappa shape index (κ2) is 8.66. The molecule has 124 valence electrons. The fraction of sp³-hybridized carbons (Fsp3) is 0.333. The van der Waals surface area contributed by atoms with Crippen LogP contribution in [0.25, 0.3) is 0 Å². The number of aromatic nitrogens is 2. The van der Waals surface area contributed by atoms with Gasteiger partial charge in [-0.3, -0.25) is 4.79 Å². The van der Waals surface area contributed by atoms with Gasteiger partial charge in [-0.2, -0.15) is 0 Å². The maximum Gasteiger partial charge on any atom is 0.238 e. The molecule has 0 atom stereocenters. The van der Waals surface area contributed by atoms with Gasteiger partial charge in [0.15, 0.2) is 5.16 Å². The summed E-state index contributed by atoms with van der Waals surface area (Å²) < 4.78 is 20.2. The summed E-state index contributed by atoms with van der Waals surface area (Å²) in [5, 5.41) is 6.42. The van der Waals surface area contributed by atoms with Crippen LogP contribution in [-0.4, -0.2) is 42.3 Å². The highest BCUT2D eigenvalue weighted by atomic mass is 32.2. The van der Waals surface area contributed by atoms with Gasteiger partial charge in [-0.15, -0.1) is 0 Å². The smallest absolute Gasteiger partial charge is 0.238 e. The van der Waals surface area contributed by atoms with Crippen molar-refractivity contribution < 1.29 is 13.9 Å². The van der Waals surface area contributed by atoms with E-state index in [0.717, 1.165) is 10.1 Å². The number of hydrogen-bond acceptors (Lipinski definition) is 5. The summed E-state index contributed by atoms with van der Waals surface area (Å²) in [6, 6.07) is 4.29. The molecule has 2 aromatic rings. The number of nitrogens with zero attached hydrogens (tertiary/aromatic N) is 2. The van der Waals surface area contributed by atoms with Crippen LogP contribution < -0.4 is 10.6 Å². The molecule has 0 fully saturated rings. The zero-order valence-electron chi connectivity index (χ0n) is 13.0. The summed E-state index contributed by atoms with van der Waals surface area (Å²) in [5.41, 5.74) is 0.427. The van der Waals surface area contributed by atoms with E-state index >= 15 is 0 Å². The van der Waals surface area contributed by atoms with Gasteiger partial charge in [-0.25, -0.2) is 9.37 Å². The van der Waals surface area contributed by atoms with Crippen molar-refractivity contribution in [2.45, 2.75) is 10.1 Å². The molecular formula is C15H19FN4O2S. The first-order valence-corrected chi connectivity index (χ1v) is 7.86. The van der Waals surface area contributed by atoms with Crippen LogP contribution in [-0.2, 0) is 16.6 Å². The summed E-state index contributed by atoms with van der Waals surface area (Å²) >= 11 is 1.36. The van der Waals surface area contributed by atoms with Gasteiger partial charge in [-0.1, -0.05) is 0 Å². The van der Waals surface area contributed by atoms with Crippen molar-refractivity contribution >= 4 is 23.4 Å². The van der Waals surface area contributed by atoms with Crippen LogP contribution in [0, 0.1) is 5.82 Å². The molecule has 0 saturated heterocycles. The summed E-state index contributed by atoms with van der Waals surface area (Å²) in [6.07, 6.45) is 3.51. The van der Waals surface area contributed by atoms with Gasteiger partial charge in [0.25, 0.3) is 0 Å². The molecular weight excluding hydrogens is 319 g/mol. The molecule has 0 bridgehead atoms. The minimum absolute atomic E-state index is 0.131. The second-order valence-electron chi connectivity index (χ2n) is 4.78. The molecule has 0 saturated carbocycles. The largest absolute Gasteiger partial charge is 0.383 e. The van der Waals surface area contributed by atoms with Crippen molar-refractivity contribution in [3.63, 3.8) is 0 Å². The molecule has 0 spiro atoms. The first kappa shape index (κ1) is 17.5. The van der Waals surface area contributed by atoms with Crippen LogP contribution in [0.1, 0.15) is 0 Å². The molecule has 0 aliphatic carbocycles. The quantitative estimate of drug-likeness (QED) is 0.720. The minimum atomic E-state index is -0.406. The number of nitrogens with one attached hydrogen (secondary N) is 2. The molecule has 2 rings (SSSR count). The minimum Gasteiger partial charge on any atom is -0.383 e. The van der Waals surface area contributed by atoms with Gasteiger partial charge in [0.05, 0.1) is 18.8 Å². The van der Waals surface area contributed by atoms with Gasteiger partial charge in [0.2, 0.25) is 5.91 Å². The van der Waals surface area contributed by atoms with E-state index in [-0.39, 0.29) is 12.5 Å². The number of hydrogen-bond donors (Lipinski definition) is 2. The zero-order chi connectivity index (χ0) is 16.7. The van der Waals surface area contributed by atoms with E-state index in [1.54, 1.807) is 19.4 Å². The van der Waals surface area contributed by atoms with E-state index in [1.165, 1.54) is 23.9 Å². The summed E-state index contributed by atoms with van der Waals surface area (Å²) in [6.45, 7) is 1.22. The van der Waals surface area contributed by atoms with Crippen LogP contribution >= 0.6 is 11.8 Å². The summed E-state index contributed by atoms with van der Waals surface area (Å²) in [5.74, 6) is -0.648. The van der Waals surface area contributed by atoms with Crippen LogP contribution in [0.3, 0.4) is 0 Å². The summed E-state index contributed by atoms with van der Waals surface area (Å²) in [7, 11) is 3.46. The normalized spacial score (nSPS) is 10.7. The van der Waals surface area contributed by atoms with E-state index in [1.807, 2.05) is 17.8 Å². The molecule has 0 aliphatic heterocycles. The Morgan fingerprint density at radius 3 is 3.00 bits per heavy atom. The van der Waals surface area contributed by atoms with E-state index in [0.29, 0.717) is 18.8 Å². The lowest BCUT2D eigenvalue weighted by Crippen LogP contribution is -2.30. The predicted octanol–water partition coefficient (Wildman–Crippen LogP) is 1.88. The Balaban J connectivity index is 2.03. The topological polar surface area (TPSA) is 68.2 Å². The van der Waals surface area contributed by atoms with Gasteiger partial charge >= 0.3 is 0 Å². The Morgan fingerprint density at radius 2 is 2.30 bits per heavy atom. The molecule has 0 unspecified atom stereocenters. The Hall–Kier alpha value is -1.90. The molecule has 1 heterocycles. The standard InChI is InChI=1S/C15H19FN4O2S/c1-20-7-5-18-15(20)23-13-4-3-11(16)9-12(13)19-14(21)10-17-6-8-22-2/h3-5,7,9,17H,6,8,10H2,1-2H3,(H,19,21). The number of rotatable bonds is 8. The van der Waals surface area contributed by atoms with E-state index in [9.17, 15) is 9.18 Å². The first-order valence-electron chi connectivity index (χ1n) is 7.04. The number of carbonyl (C=O) groups is 1. The third-order valence-electron chi connectivity index (χ3n) is 2.96. The highest BCUT2D eigenvalue weighted by Gasteiger charge is 2.11. The van der Waals surface area contributed by atoms with Crippen molar-refractivity contribution in [2.75, 3.05) is 32.1 Å². The fourth-order valence-corrected chi connectivity index (χ4v) is 2.68. The number of ether oxygens (including phenoxy) is 1. The van der Waals surface area contributed by atoms with Crippen molar-refractivity contribution in [2.24, 2.45) is 7.05 Å². The third kappa shape index (κ3) is 5.34. The summed E-state index contributed by atoms with van der Waals surface area (Å²) in [4.78, 5) is 16.9. The van der Waals surface area contributed by atoms with Gasteiger partial charge in [0.1, 0.15) is 5.82 Å². The zero-order valence-corrected chi connectivity index (χ0v) is 13.8. The van der Waals surface area contributed by atoms with Crippen molar-refractivity contribution in [3.05, 3.63) is 36.4 Å². The molecule has 1 amide bonds. The average Bonchev–Trinajstić information content (AvgIpc) is 2.92. The number of benzene rings is 1. The number of aryl methyl sites for hydroxylation is 1. The first-order chi connectivity index (χ1) is 11.1. The maximum absolute atomic E-state index is 13.5. The number of anilines is 1. The predicted molar refractivity (Wildman–Crippen MR) is 87.1 cm³/mol. The number of methoxy groups -OCH3 is 1. The van der Waals surface area contributed by atoms with Crippen LogP contribution in [0.5, 0.6) is 0 Å². The monoisotopic (exact) mass is 338 g/mol. The molecule has 0 aliphatic rings. The Labute approximate surface area is 138 Å². The van der Waals surface area contributed by atoms with Crippen LogP contribution in [0.15, 0.2) is 40.6 Å². The van der Waals surface area contributed by atoms with E-state index in [2.05, 4.69) is 15.6 Å². The van der Waals surface area contributed by atoms with Crippen molar-refractivity contribution in [1.82, 2.24) is 14.9 Å². The second-order valence-corrected chi connectivity index (χ2v) is 5.79. The lowest BCUT2D eigenvalue weighted by molar-refractivity contribution is -0.115. The number of imidazole rings is 1. The lowest BCUT2D eigenvalue weighted by Gasteiger charge is -2.11. The van der Waals surface area contributed by atoms with Crippen LogP contribution in [0.4, 0.5) is 10.1 Å². The number of halogens is 1. The number of amides is 1.